The number of halogens is 1. The zero-order valence-corrected chi connectivity index (χ0v) is 10.3. The average molecular weight is 245 g/mol. The van der Waals surface area contributed by atoms with Crippen molar-refractivity contribution < 1.29 is 9.13 Å². The van der Waals surface area contributed by atoms with Gasteiger partial charge in [0.05, 0.1) is 0 Å². The second-order valence-electron chi connectivity index (χ2n) is 4.09. The summed E-state index contributed by atoms with van der Waals surface area (Å²) in [4.78, 5) is 0. The minimum absolute atomic E-state index is 0.251. The highest BCUT2D eigenvalue weighted by molar-refractivity contribution is 5.25. The molecule has 0 heterocycles. The van der Waals surface area contributed by atoms with E-state index in [1.807, 2.05) is 19.2 Å². The van der Waals surface area contributed by atoms with E-state index in [0.717, 1.165) is 12.1 Å². The zero-order valence-electron chi connectivity index (χ0n) is 10.3. The van der Waals surface area contributed by atoms with Gasteiger partial charge in [0, 0.05) is 6.54 Å². The summed E-state index contributed by atoms with van der Waals surface area (Å²) in [5, 5.41) is 3.10. The Hall–Kier alpha value is -1.87. The van der Waals surface area contributed by atoms with E-state index in [2.05, 4.69) is 17.4 Å². The minimum atomic E-state index is -0.251. The molecule has 0 aliphatic carbocycles. The van der Waals surface area contributed by atoms with Crippen molar-refractivity contribution in [2.45, 2.75) is 13.2 Å². The maximum Gasteiger partial charge on any atom is 0.123 e. The van der Waals surface area contributed by atoms with Crippen molar-refractivity contribution in [1.82, 2.24) is 5.32 Å². The lowest BCUT2D eigenvalue weighted by molar-refractivity contribution is 0.305. The maximum absolute atomic E-state index is 12.7. The Morgan fingerprint density at radius 1 is 0.944 bits per heavy atom. The SMILES string of the molecule is CNCc1ccc(COc2ccc(F)cc2)cc1. The van der Waals surface area contributed by atoms with E-state index in [1.165, 1.54) is 17.7 Å². The van der Waals surface area contributed by atoms with Gasteiger partial charge in [0.15, 0.2) is 0 Å². The van der Waals surface area contributed by atoms with E-state index in [1.54, 1.807) is 12.1 Å². The Labute approximate surface area is 106 Å². The smallest absolute Gasteiger partial charge is 0.123 e. The van der Waals surface area contributed by atoms with Gasteiger partial charge in [0.2, 0.25) is 0 Å². The lowest BCUT2D eigenvalue weighted by atomic mass is 10.1. The van der Waals surface area contributed by atoms with Crippen LogP contribution in [0.4, 0.5) is 4.39 Å². The molecule has 0 bridgehead atoms. The van der Waals surface area contributed by atoms with Gasteiger partial charge < -0.3 is 10.1 Å². The van der Waals surface area contributed by atoms with Crippen LogP contribution in [0.25, 0.3) is 0 Å². The summed E-state index contributed by atoms with van der Waals surface area (Å²) in [6.07, 6.45) is 0. The third-order valence-electron chi connectivity index (χ3n) is 2.62. The van der Waals surface area contributed by atoms with Gasteiger partial charge in [0.25, 0.3) is 0 Å². The fourth-order valence-corrected chi connectivity index (χ4v) is 1.65. The Balaban J connectivity index is 1.91. The summed E-state index contributed by atoms with van der Waals surface area (Å²) < 4.78 is 18.3. The van der Waals surface area contributed by atoms with Crippen molar-refractivity contribution in [2.24, 2.45) is 0 Å². The predicted molar refractivity (Wildman–Crippen MR) is 69.9 cm³/mol. The molecule has 2 rings (SSSR count). The maximum atomic E-state index is 12.7. The topological polar surface area (TPSA) is 21.3 Å². The van der Waals surface area contributed by atoms with Gasteiger partial charge in [-0.25, -0.2) is 4.39 Å². The highest BCUT2D eigenvalue weighted by Gasteiger charge is 1.97. The average Bonchev–Trinajstić information content (AvgIpc) is 2.40. The van der Waals surface area contributed by atoms with E-state index >= 15 is 0 Å². The molecule has 0 aliphatic heterocycles. The Bertz CT molecular complexity index is 479. The molecule has 0 saturated heterocycles. The zero-order chi connectivity index (χ0) is 12.8. The molecular formula is C15H16FNO. The molecular weight excluding hydrogens is 229 g/mol. The Kier molecular flexibility index (Phi) is 4.31. The van der Waals surface area contributed by atoms with Gasteiger partial charge in [-0.05, 0) is 42.4 Å². The quantitative estimate of drug-likeness (QED) is 0.873. The van der Waals surface area contributed by atoms with Crippen molar-refractivity contribution >= 4 is 0 Å². The van der Waals surface area contributed by atoms with Crippen LogP contribution in [0.3, 0.4) is 0 Å². The molecule has 94 valence electrons. The minimum Gasteiger partial charge on any atom is -0.489 e. The Morgan fingerprint density at radius 2 is 1.56 bits per heavy atom. The van der Waals surface area contributed by atoms with Crippen LogP contribution in [0.2, 0.25) is 0 Å². The van der Waals surface area contributed by atoms with Crippen molar-refractivity contribution in [2.75, 3.05) is 7.05 Å². The largest absolute Gasteiger partial charge is 0.489 e. The number of hydrogen-bond acceptors (Lipinski definition) is 2. The number of ether oxygens (including phenoxy) is 1. The van der Waals surface area contributed by atoms with E-state index in [9.17, 15) is 4.39 Å². The second-order valence-corrected chi connectivity index (χ2v) is 4.09. The monoisotopic (exact) mass is 245 g/mol. The first kappa shape index (κ1) is 12.6. The fourth-order valence-electron chi connectivity index (χ4n) is 1.65. The fraction of sp³-hybridized carbons (Fsp3) is 0.200. The summed E-state index contributed by atoms with van der Waals surface area (Å²) in [6, 6.07) is 14.3. The molecule has 0 unspecified atom stereocenters. The molecule has 3 heteroatoms. The van der Waals surface area contributed by atoms with Crippen LogP contribution in [-0.4, -0.2) is 7.05 Å². The molecule has 2 aromatic carbocycles. The van der Waals surface area contributed by atoms with Crippen molar-refractivity contribution in [1.29, 1.82) is 0 Å². The third-order valence-corrected chi connectivity index (χ3v) is 2.62. The van der Waals surface area contributed by atoms with Gasteiger partial charge in [-0.3, -0.25) is 0 Å². The lowest BCUT2D eigenvalue weighted by Crippen LogP contribution is -2.05. The van der Waals surface area contributed by atoms with Crippen molar-refractivity contribution in [3.05, 3.63) is 65.5 Å². The van der Waals surface area contributed by atoms with Crippen LogP contribution < -0.4 is 10.1 Å². The molecule has 0 saturated carbocycles. The van der Waals surface area contributed by atoms with Crippen LogP contribution in [0.5, 0.6) is 5.75 Å². The van der Waals surface area contributed by atoms with Crippen molar-refractivity contribution in [3.8, 4) is 5.75 Å². The van der Waals surface area contributed by atoms with E-state index in [-0.39, 0.29) is 5.82 Å². The number of nitrogens with one attached hydrogen (secondary N) is 1. The molecule has 0 atom stereocenters. The van der Waals surface area contributed by atoms with Gasteiger partial charge >= 0.3 is 0 Å². The molecule has 0 radical (unpaired) electrons. The highest BCUT2D eigenvalue weighted by atomic mass is 19.1. The molecule has 0 amide bonds. The first-order chi connectivity index (χ1) is 8.78. The standard InChI is InChI=1S/C15H16FNO/c1-17-10-12-2-4-13(5-3-12)11-18-15-8-6-14(16)7-9-15/h2-9,17H,10-11H2,1H3. The summed E-state index contributed by atoms with van der Waals surface area (Å²) in [7, 11) is 1.92. The summed E-state index contributed by atoms with van der Waals surface area (Å²) >= 11 is 0. The lowest BCUT2D eigenvalue weighted by Gasteiger charge is -2.07. The van der Waals surface area contributed by atoms with Gasteiger partial charge in [-0.15, -0.1) is 0 Å². The molecule has 18 heavy (non-hydrogen) atoms. The number of rotatable bonds is 5. The predicted octanol–water partition coefficient (Wildman–Crippen LogP) is 3.12. The molecule has 1 N–H and O–H groups in total. The third kappa shape index (κ3) is 3.57. The highest BCUT2D eigenvalue weighted by Crippen LogP contribution is 2.13. The van der Waals surface area contributed by atoms with E-state index in [0.29, 0.717) is 12.4 Å². The number of benzene rings is 2. The van der Waals surface area contributed by atoms with E-state index in [4.69, 9.17) is 4.74 Å². The van der Waals surface area contributed by atoms with Crippen LogP contribution in [0, 0.1) is 5.82 Å². The molecule has 0 fully saturated rings. The molecule has 2 nitrogen and oxygen atoms in total. The van der Waals surface area contributed by atoms with Crippen LogP contribution in [0.15, 0.2) is 48.5 Å². The van der Waals surface area contributed by atoms with Crippen LogP contribution >= 0.6 is 0 Å². The van der Waals surface area contributed by atoms with Crippen molar-refractivity contribution in [3.63, 3.8) is 0 Å². The number of hydrogen-bond donors (Lipinski definition) is 1. The van der Waals surface area contributed by atoms with Crippen LogP contribution in [-0.2, 0) is 13.2 Å². The second kappa shape index (κ2) is 6.17. The van der Waals surface area contributed by atoms with Gasteiger partial charge in [-0.1, -0.05) is 24.3 Å². The molecule has 0 aliphatic rings. The van der Waals surface area contributed by atoms with Crippen LogP contribution in [0.1, 0.15) is 11.1 Å². The summed E-state index contributed by atoms with van der Waals surface area (Å²) in [6.45, 7) is 1.35. The molecule has 0 aromatic heterocycles. The first-order valence-electron chi connectivity index (χ1n) is 5.89. The summed E-state index contributed by atoms with van der Waals surface area (Å²) in [5.74, 6) is 0.425. The van der Waals surface area contributed by atoms with Gasteiger partial charge in [0.1, 0.15) is 18.2 Å². The van der Waals surface area contributed by atoms with E-state index < -0.39 is 0 Å². The molecule has 0 spiro atoms. The normalized spacial score (nSPS) is 10.3. The summed E-state index contributed by atoms with van der Waals surface area (Å²) in [5.41, 5.74) is 2.34. The van der Waals surface area contributed by atoms with Gasteiger partial charge in [-0.2, -0.15) is 0 Å². The Morgan fingerprint density at radius 3 is 2.17 bits per heavy atom. The molecule has 2 aromatic rings. The first-order valence-corrected chi connectivity index (χ1v) is 5.89.